The fraction of sp³-hybridized carbons (Fsp3) is 0.467. The van der Waals surface area contributed by atoms with E-state index in [2.05, 4.69) is 15.2 Å². The van der Waals surface area contributed by atoms with Crippen LogP contribution in [0, 0.1) is 6.92 Å². The summed E-state index contributed by atoms with van der Waals surface area (Å²) in [6.45, 7) is 3.80. The van der Waals surface area contributed by atoms with Crippen molar-refractivity contribution in [2.75, 3.05) is 13.1 Å². The van der Waals surface area contributed by atoms with Crippen LogP contribution in [0.3, 0.4) is 0 Å². The van der Waals surface area contributed by atoms with Crippen LogP contribution in [0.2, 0.25) is 0 Å². The molecule has 1 saturated heterocycles. The van der Waals surface area contributed by atoms with Crippen molar-refractivity contribution in [2.24, 2.45) is 0 Å². The van der Waals surface area contributed by atoms with Gasteiger partial charge in [0, 0.05) is 19.0 Å². The fourth-order valence-corrected chi connectivity index (χ4v) is 4.71. The highest BCUT2D eigenvalue weighted by Crippen LogP contribution is 2.31. The molecular formula is C15H18N4O3S. The van der Waals surface area contributed by atoms with Gasteiger partial charge in [0.2, 0.25) is 10.0 Å². The summed E-state index contributed by atoms with van der Waals surface area (Å²) in [4.78, 5) is 4.67. The fourth-order valence-electron chi connectivity index (χ4n) is 3.16. The number of nitrogens with one attached hydrogen (secondary N) is 1. The lowest BCUT2D eigenvalue weighted by molar-refractivity contribution is 0.134. The Labute approximate surface area is 134 Å². The number of aromatic amines is 1. The predicted octanol–water partition coefficient (Wildman–Crippen LogP) is 1.32. The van der Waals surface area contributed by atoms with E-state index in [1.807, 2.05) is 13.0 Å². The molecule has 1 aromatic heterocycles. The maximum atomic E-state index is 12.9. The van der Waals surface area contributed by atoms with E-state index in [9.17, 15) is 8.42 Å². The average molecular weight is 334 g/mol. The van der Waals surface area contributed by atoms with Gasteiger partial charge in [-0.15, -0.1) is 0 Å². The minimum atomic E-state index is -3.48. The van der Waals surface area contributed by atoms with Gasteiger partial charge in [-0.25, -0.2) is 13.4 Å². The Balaban J connectivity index is 1.57. The van der Waals surface area contributed by atoms with Gasteiger partial charge >= 0.3 is 0 Å². The number of H-pyrrole nitrogens is 1. The second-order valence-electron chi connectivity index (χ2n) is 6.05. The summed E-state index contributed by atoms with van der Waals surface area (Å²) in [6, 6.07) is 5.26. The molecule has 0 aliphatic carbocycles. The molecule has 0 bridgehead atoms. The van der Waals surface area contributed by atoms with Crippen molar-refractivity contribution in [1.29, 1.82) is 0 Å². The van der Waals surface area contributed by atoms with Crippen LogP contribution in [0.1, 0.15) is 35.1 Å². The molecule has 1 unspecified atom stereocenters. The average Bonchev–Trinajstić information content (AvgIpc) is 3.26. The molecule has 0 amide bonds. The Morgan fingerprint density at radius 2 is 2.13 bits per heavy atom. The van der Waals surface area contributed by atoms with E-state index in [1.165, 1.54) is 4.31 Å². The Morgan fingerprint density at radius 3 is 2.91 bits per heavy atom. The van der Waals surface area contributed by atoms with E-state index < -0.39 is 10.0 Å². The van der Waals surface area contributed by atoms with Crippen molar-refractivity contribution in [1.82, 2.24) is 19.5 Å². The minimum Gasteiger partial charge on any atom is -0.372 e. The molecule has 0 radical (unpaired) electrons. The topological polar surface area (TPSA) is 88.2 Å². The third-order valence-electron chi connectivity index (χ3n) is 4.46. The number of rotatable bonds is 3. The van der Waals surface area contributed by atoms with Gasteiger partial charge in [0.25, 0.3) is 0 Å². The number of hydrogen-bond donors (Lipinski definition) is 1. The lowest BCUT2D eigenvalue weighted by Crippen LogP contribution is -2.28. The molecule has 1 fully saturated rings. The van der Waals surface area contributed by atoms with Gasteiger partial charge < -0.3 is 4.74 Å². The number of nitrogens with zero attached hydrogens (tertiary/aromatic N) is 3. The Kier molecular flexibility index (Phi) is 3.47. The van der Waals surface area contributed by atoms with E-state index in [0.717, 1.165) is 23.4 Å². The van der Waals surface area contributed by atoms with Crippen molar-refractivity contribution in [2.45, 2.75) is 37.4 Å². The molecule has 23 heavy (non-hydrogen) atoms. The van der Waals surface area contributed by atoms with E-state index >= 15 is 0 Å². The van der Waals surface area contributed by atoms with E-state index in [1.54, 1.807) is 12.1 Å². The molecule has 8 heteroatoms. The first kappa shape index (κ1) is 14.8. The maximum Gasteiger partial charge on any atom is 0.243 e. The van der Waals surface area contributed by atoms with Gasteiger partial charge in [0.1, 0.15) is 5.82 Å². The molecule has 7 nitrogen and oxygen atoms in total. The first-order valence-corrected chi connectivity index (χ1v) is 9.06. The number of fused-ring (bicyclic) bond motifs is 1. The van der Waals surface area contributed by atoms with Gasteiger partial charge in [0.15, 0.2) is 5.82 Å². The summed E-state index contributed by atoms with van der Waals surface area (Å²) < 4.78 is 32.6. The number of sulfonamides is 1. The van der Waals surface area contributed by atoms with Gasteiger partial charge in [-0.1, -0.05) is 6.07 Å². The van der Waals surface area contributed by atoms with Crippen LogP contribution >= 0.6 is 0 Å². The molecule has 3 heterocycles. The Bertz CT molecular complexity index is 846. The zero-order valence-electron chi connectivity index (χ0n) is 12.8. The summed E-state index contributed by atoms with van der Waals surface area (Å²) in [5, 5.41) is 6.98. The van der Waals surface area contributed by atoms with Crippen LogP contribution in [0.4, 0.5) is 0 Å². The van der Waals surface area contributed by atoms with Crippen LogP contribution in [0.5, 0.6) is 0 Å². The van der Waals surface area contributed by atoms with Crippen LogP contribution in [0.25, 0.3) is 0 Å². The summed E-state index contributed by atoms with van der Waals surface area (Å²) in [5.74, 6) is 1.50. The smallest absolute Gasteiger partial charge is 0.243 e. The molecule has 0 spiro atoms. The minimum absolute atomic E-state index is 0.0486. The van der Waals surface area contributed by atoms with Crippen LogP contribution < -0.4 is 0 Å². The SMILES string of the molecule is Cc1nc(C2CCN(S(=O)(=O)c3ccc4c(c3)COC4)C2)n[nH]1. The molecule has 2 aromatic rings. The molecule has 2 aliphatic heterocycles. The lowest BCUT2D eigenvalue weighted by Gasteiger charge is -2.16. The molecule has 0 saturated carbocycles. The number of aromatic nitrogens is 3. The molecule has 1 aromatic carbocycles. The highest BCUT2D eigenvalue weighted by atomic mass is 32.2. The van der Waals surface area contributed by atoms with Crippen molar-refractivity contribution >= 4 is 10.0 Å². The van der Waals surface area contributed by atoms with E-state index in [0.29, 0.717) is 37.0 Å². The van der Waals surface area contributed by atoms with Crippen molar-refractivity contribution < 1.29 is 13.2 Å². The summed E-state index contributed by atoms with van der Waals surface area (Å²) in [7, 11) is -3.48. The number of ether oxygens (including phenoxy) is 1. The van der Waals surface area contributed by atoms with Crippen molar-refractivity contribution in [3.05, 3.63) is 41.0 Å². The summed E-state index contributed by atoms with van der Waals surface area (Å²) in [5.41, 5.74) is 2.03. The standard InChI is InChI=1S/C15H18N4O3S/c1-10-16-15(18-17-10)11-4-5-19(7-11)23(20,21)14-3-2-12-8-22-9-13(12)6-14/h2-3,6,11H,4-5,7-9H2,1H3,(H,16,17,18). The predicted molar refractivity (Wildman–Crippen MR) is 82.2 cm³/mol. The van der Waals surface area contributed by atoms with Gasteiger partial charge in [-0.3, -0.25) is 5.10 Å². The molecule has 4 rings (SSSR count). The zero-order valence-corrected chi connectivity index (χ0v) is 13.6. The van der Waals surface area contributed by atoms with Gasteiger partial charge in [-0.05, 0) is 36.6 Å². The number of aryl methyl sites for hydroxylation is 1. The highest BCUT2D eigenvalue weighted by molar-refractivity contribution is 7.89. The van der Waals surface area contributed by atoms with Crippen LogP contribution in [0.15, 0.2) is 23.1 Å². The first-order chi connectivity index (χ1) is 11.0. The van der Waals surface area contributed by atoms with Crippen molar-refractivity contribution in [3.8, 4) is 0 Å². The summed E-state index contributed by atoms with van der Waals surface area (Å²) in [6.07, 6.45) is 0.741. The lowest BCUT2D eigenvalue weighted by atomic mass is 10.1. The Hall–Kier alpha value is -1.77. The van der Waals surface area contributed by atoms with Crippen LogP contribution in [-0.4, -0.2) is 41.0 Å². The molecule has 1 N–H and O–H groups in total. The first-order valence-electron chi connectivity index (χ1n) is 7.62. The maximum absolute atomic E-state index is 12.9. The molecule has 1 atom stereocenters. The zero-order chi connectivity index (χ0) is 16.0. The van der Waals surface area contributed by atoms with E-state index in [-0.39, 0.29) is 5.92 Å². The number of hydrogen-bond acceptors (Lipinski definition) is 5. The highest BCUT2D eigenvalue weighted by Gasteiger charge is 2.35. The second-order valence-corrected chi connectivity index (χ2v) is 7.99. The van der Waals surface area contributed by atoms with Crippen molar-refractivity contribution in [3.63, 3.8) is 0 Å². The van der Waals surface area contributed by atoms with E-state index in [4.69, 9.17) is 4.74 Å². The third kappa shape index (κ3) is 2.56. The van der Waals surface area contributed by atoms with Gasteiger partial charge in [-0.2, -0.15) is 9.40 Å². The normalized spacial score (nSPS) is 21.7. The third-order valence-corrected chi connectivity index (χ3v) is 6.32. The van der Waals surface area contributed by atoms with Gasteiger partial charge in [0.05, 0.1) is 18.1 Å². The Morgan fingerprint density at radius 1 is 1.30 bits per heavy atom. The van der Waals surface area contributed by atoms with Crippen LogP contribution in [-0.2, 0) is 28.0 Å². The molecule has 122 valence electrons. The second kappa shape index (κ2) is 5.40. The molecular weight excluding hydrogens is 316 g/mol. The quantitative estimate of drug-likeness (QED) is 0.914. The summed E-state index contributed by atoms with van der Waals surface area (Å²) >= 11 is 0. The number of benzene rings is 1. The molecule has 2 aliphatic rings. The largest absolute Gasteiger partial charge is 0.372 e. The monoisotopic (exact) mass is 334 g/mol.